The molecule has 0 aliphatic carbocycles. The molecule has 140 valence electrons. The molecular weight excluding hydrogens is 332 g/mol. The van der Waals surface area contributed by atoms with Crippen molar-refractivity contribution in [1.29, 1.82) is 0 Å². The first-order valence-corrected chi connectivity index (χ1v) is 8.44. The third kappa shape index (κ3) is 5.05. The highest BCUT2D eigenvalue weighted by molar-refractivity contribution is 5.73. The van der Waals surface area contributed by atoms with Crippen LogP contribution in [0.1, 0.15) is 16.7 Å². The molecule has 2 aromatic carbocycles. The average Bonchev–Trinajstić information content (AvgIpc) is 2.66. The van der Waals surface area contributed by atoms with E-state index in [1.54, 1.807) is 21.3 Å². The van der Waals surface area contributed by atoms with Gasteiger partial charge in [-0.25, -0.2) is 4.79 Å². The highest BCUT2D eigenvalue weighted by atomic mass is 16.5. The van der Waals surface area contributed by atoms with Gasteiger partial charge in [-0.05, 0) is 42.2 Å². The Balaban J connectivity index is 1.87. The van der Waals surface area contributed by atoms with Gasteiger partial charge in [-0.15, -0.1) is 0 Å². The maximum absolute atomic E-state index is 12.0. The summed E-state index contributed by atoms with van der Waals surface area (Å²) in [5, 5.41) is 5.73. The number of rotatable bonds is 8. The van der Waals surface area contributed by atoms with Crippen LogP contribution in [0.3, 0.4) is 0 Å². The number of ether oxygens (including phenoxy) is 3. The number of urea groups is 1. The van der Waals surface area contributed by atoms with E-state index in [0.717, 1.165) is 16.7 Å². The van der Waals surface area contributed by atoms with Crippen molar-refractivity contribution in [1.82, 2.24) is 10.6 Å². The number of aryl methyl sites for hydroxylation is 1. The number of amides is 2. The van der Waals surface area contributed by atoms with Gasteiger partial charge in [0, 0.05) is 13.1 Å². The summed E-state index contributed by atoms with van der Waals surface area (Å²) in [6.45, 7) is 3.03. The number of benzene rings is 2. The van der Waals surface area contributed by atoms with Crippen molar-refractivity contribution >= 4 is 6.03 Å². The molecule has 26 heavy (non-hydrogen) atoms. The number of carbonyl (C=O) groups excluding carboxylic acids is 1. The third-order valence-electron chi connectivity index (χ3n) is 4.12. The largest absolute Gasteiger partial charge is 0.493 e. The molecule has 0 radical (unpaired) electrons. The first-order valence-electron chi connectivity index (χ1n) is 8.44. The fourth-order valence-corrected chi connectivity index (χ4v) is 2.65. The zero-order valence-corrected chi connectivity index (χ0v) is 15.7. The molecule has 0 spiro atoms. The highest BCUT2D eigenvalue weighted by Crippen LogP contribution is 2.38. The van der Waals surface area contributed by atoms with Gasteiger partial charge in [-0.1, -0.05) is 24.3 Å². The van der Waals surface area contributed by atoms with Crippen molar-refractivity contribution in [3.05, 3.63) is 53.1 Å². The van der Waals surface area contributed by atoms with Gasteiger partial charge in [0.15, 0.2) is 11.5 Å². The second-order valence-corrected chi connectivity index (χ2v) is 5.82. The van der Waals surface area contributed by atoms with Gasteiger partial charge in [0.1, 0.15) is 0 Å². The summed E-state index contributed by atoms with van der Waals surface area (Å²) in [5.41, 5.74) is 3.25. The van der Waals surface area contributed by atoms with Crippen LogP contribution in [0, 0.1) is 6.92 Å². The lowest BCUT2D eigenvalue weighted by atomic mass is 10.1. The second kappa shape index (κ2) is 9.56. The summed E-state index contributed by atoms with van der Waals surface area (Å²) in [6, 6.07) is 11.6. The Hall–Kier alpha value is -2.89. The minimum atomic E-state index is -0.194. The number of methoxy groups -OCH3 is 3. The van der Waals surface area contributed by atoms with Gasteiger partial charge in [-0.3, -0.25) is 0 Å². The summed E-state index contributed by atoms with van der Waals surface area (Å²) in [4.78, 5) is 12.0. The van der Waals surface area contributed by atoms with E-state index < -0.39 is 0 Å². The predicted molar refractivity (Wildman–Crippen MR) is 101 cm³/mol. The van der Waals surface area contributed by atoms with Gasteiger partial charge >= 0.3 is 6.03 Å². The van der Waals surface area contributed by atoms with E-state index in [2.05, 4.69) is 10.6 Å². The maximum atomic E-state index is 12.0. The molecule has 0 fully saturated rings. The van der Waals surface area contributed by atoms with Crippen molar-refractivity contribution in [2.75, 3.05) is 27.9 Å². The van der Waals surface area contributed by atoms with E-state index in [1.165, 1.54) is 0 Å². The van der Waals surface area contributed by atoms with Gasteiger partial charge in [-0.2, -0.15) is 0 Å². The Morgan fingerprint density at radius 1 is 0.962 bits per heavy atom. The quantitative estimate of drug-likeness (QED) is 0.761. The van der Waals surface area contributed by atoms with Crippen molar-refractivity contribution in [2.45, 2.75) is 19.9 Å². The van der Waals surface area contributed by atoms with Gasteiger partial charge in [0.2, 0.25) is 5.75 Å². The van der Waals surface area contributed by atoms with E-state index in [4.69, 9.17) is 14.2 Å². The first-order chi connectivity index (χ1) is 12.6. The van der Waals surface area contributed by atoms with Gasteiger partial charge < -0.3 is 24.8 Å². The molecule has 0 unspecified atom stereocenters. The third-order valence-corrected chi connectivity index (χ3v) is 4.12. The molecule has 2 aromatic rings. The molecular formula is C20H26N2O4. The lowest BCUT2D eigenvalue weighted by Gasteiger charge is -2.14. The van der Waals surface area contributed by atoms with E-state index in [9.17, 15) is 4.79 Å². The van der Waals surface area contributed by atoms with Crippen LogP contribution < -0.4 is 24.8 Å². The first kappa shape index (κ1) is 19.4. The van der Waals surface area contributed by atoms with Crippen LogP contribution in [-0.4, -0.2) is 33.9 Å². The maximum Gasteiger partial charge on any atom is 0.315 e. The fraction of sp³-hybridized carbons (Fsp3) is 0.350. The zero-order valence-electron chi connectivity index (χ0n) is 15.7. The number of nitrogens with one attached hydrogen (secondary N) is 2. The SMILES string of the molecule is COc1cc(CCNC(=O)NCc2ccccc2C)cc(OC)c1OC. The Kier molecular flexibility index (Phi) is 7.14. The second-order valence-electron chi connectivity index (χ2n) is 5.82. The van der Waals surface area contributed by atoms with E-state index in [1.807, 2.05) is 43.3 Å². The van der Waals surface area contributed by atoms with Gasteiger partial charge in [0.25, 0.3) is 0 Å². The summed E-state index contributed by atoms with van der Waals surface area (Å²) in [7, 11) is 4.73. The number of hydrogen-bond donors (Lipinski definition) is 2. The molecule has 2 amide bonds. The summed E-state index contributed by atoms with van der Waals surface area (Å²) < 4.78 is 16.0. The standard InChI is InChI=1S/C20H26N2O4/c1-14-7-5-6-8-16(14)13-22-20(23)21-10-9-15-11-17(24-2)19(26-4)18(12-15)25-3/h5-8,11-12H,9-10,13H2,1-4H3,(H2,21,22,23). The molecule has 6 nitrogen and oxygen atoms in total. The summed E-state index contributed by atoms with van der Waals surface area (Å²) in [5.74, 6) is 1.76. The molecule has 0 atom stereocenters. The molecule has 2 rings (SSSR count). The van der Waals surface area contributed by atoms with Crippen LogP contribution in [-0.2, 0) is 13.0 Å². The average molecular weight is 358 g/mol. The molecule has 0 bridgehead atoms. The Morgan fingerprint density at radius 3 is 2.19 bits per heavy atom. The van der Waals surface area contributed by atoms with Crippen LogP contribution in [0.4, 0.5) is 4.79 Å². The Morgan fingerprint density at radius 2 is 1.62 bits per heavy atom. The van der Waals surface area contributed by atoms with Crippen molar-refractivity contribution < 1.29 is 19.0 Å². The van der Waals surface area contributed by atoms with Crippen LogP contribution in [0.5, 0.6) is 17.2 Å². The van der Waals surface area contributed by atoms with E-state index in [0.29, 0.717) is 36.8 Å². The van der Waals surface area contributed by atoms with Crippen LogP contribution in [0.25, 0.3) is 0 Å². The molecule has 0 heterocycles. The van der Waals surface area contributed by atoms with Gasteiger partial charge in [0.05, 0.1) is 21.3 Å². The minimum Gasteiger partial charge on any atom is -0.493 e. The van der Waals surface area contributed by atoms with Crippen molar-refractivity contribution in [3.63, 3.8) is 0 Å². The molecule has 0 aromatic heterocycles. The normalized spacial score (nSPS) is 10.2. The highest BCUT2D eigenvalue weighted by Gasteiger charge is 2.13. The van der Waals surface area contributed by atoms with Crippen LogP contribution in [0.2, 0.25) is 0 Å². The Labute approximate surface area is 154 Å². The Bertz CT molecular complexity index is 721. The smallest absolute Gasteiger partial charge is 0.315 e. The summed E-state index contributed by atoms with van der Waals surface area (Å²) >= 11 is 0. The predicted octanol–water partition coefficient (Wildman–Crippen LogP) is 3.06. The number of hydrogen-bond acceptors (Lipinski definition) is 4. The molecule has 2 N–H and O–H groups in total. The summed E-state index contributed by atoms with van der Waals surface area (Å²) in [6.07, 6.45) is 0.647. The molecule has 0 saturated carbocycles. The van der Waals surface area contributed by atoms with Crippen LogP contribution >= 0.6 is 0 Å². The molecule has 6 heteroatoms. The van der Waals surface area contributed by atoms with Crippen molar-refractivity contribution in [2.24, 2.45) is 0 Å². The van der Waals surface area contributed by atoms with E-state index in [-0.39, 0.29) is 6.03 Å². The lowest BCUT2D eigenvalue weighted by molar-refractivity contribution is 0.240. The molecule has 0 aliphatic rings. The lowest BCUT2D eigenvalue weighted by Crippen LogP contribution is -2.36. The molecule has 0 saturated heterocycles. The van der Waals surface area contributed by atoms with E-state index >= 15 is 0 Å². The fourth-order valence-electron chi connectivity index (χ4n) is 2.65. The molecule has 0 aliphatic heterocycles. The monoisotopic (exact) mass is 358 g/mol. The topological polar surface area (TPSA) is 68.8 Å². The zero-order chi connectivity index (χ0) is 18.9. The minimum absolute atomic E-state index is 0.194. The number of carbonyl (C=O) groups is 1. The van der Waals surface area contributed by atoms with Crippen LogP contribution in [0.15, 0.2) is 36.4 Å². The van der Waals surface area contributed by atoms with Crippen molar-refractivity contribution in [3.8, 4) is 17.2 Å².